The van der Waals surface area contributed by atoms with E-state index < -0.39 is 0 Å². The number of hydrogen-bond donors (Lipinski definition) is 2. The van der Waals surface area contributed by atoms with Crippen LogP contribution < -0.4 is 11.5 Å². The van der Waals surface area contributed by atoms with Crippen molar-refractivity contribution >= 4 is 17.3 Å². The van der Waals surface area contributed by atoms with Gasteiger partial charge in [0.05, 0.1) is 6.61 Å². The highest BCUT2D eigenvalue weighted by Gasteiger charge is 2.12. The molecule has 0 unspecified atom stereocenters. The SMILES string of the molecule is COCCN(C)C(=O)c1cc(N)cc(N)c1. The molecule has 0 aliphatic rings. The van der Waals surface area contributed by atoms with Crippen LogP contribution in [0.1, 0.15) is 10.4 Å². The molecule has 0 heterocycles. The van der Waals surface area contributed by atoms with Crippen molar-refractivity contribution in [2.45, 2.75) is 0 Å². The molecule has 0 fully saturated rings. The summed E-state index contributed by atoms with van der Waals surface area (Å²) in [5.41, 5.74) is 12.7. The smallest absolute Gasteiger partial charge is 0.253 e. The van der Waals surface area contributed by atoms with Crippen LogP contribution in [0.4, 0.5) is 11.4 Å². The molecule has 0 aliphatic carbocycles. The van der Waals surface area contributed by atoms with E-state index in [2.05, 4.69) is 0 Å². The second kappa shape index (κ2) is 5.37. The van der Waals surface area contributed by atoms with Gasteiger partial charge in [0.2, 0.25) is 0 Å². The Bertz CT molecular complexity index is 359. The minimum atomic E-state index is -0.115. The molecule has 5 nitrogen and oxygen atoms in total. The van der Waals surface area contributed by atoms with E-state index in [9.17, 15) is 4.79 Å². The van der Waals surface area contributed by atoms with Crippen molar-refractivity contribution in [1.29, 1.82) is 0 Å². The first kappa shape index (κ1) is 12.3. The maximum Gasteiger partial charge on any atom is 0.253 e. The van der Waals surface area contributed by atoms with Crippen LogP contribution in [0.2, 0.25) is 0 Å². The van der Waals surface area contributed by atoms with Gasteiger partial charge in [0.15, 0.2) is 0 Å². The van der Waals surface area contributed by atoms with E-state index in [1.54, 1.807) is 37.3 Å². The Morgan fingerprint density at radius 1 is 1.31 bits per heavy atom. The average Bonchev–Trinajstić information content (AvgIpc) is 2.23. The summed E-state index contributed by atoms with van der Waals surface area (Å²) in [5, 5.41) is 0. The van der Waals surface area contributed by atoms with Crippen molar-refractivity contribution in [2.24, 2.45) is 0 Å². The lowest BCUT2D eigenvalue weighted by molar-refractivity contribution is 0.0744. The Hall–Kier alpha value is -1.75. The van der Waals surface area contributed by atoms with E-state index >= 15 is 0 Å². The number of amides is 1. The maximum atomic E-state index is 11.9. The minimum absolute atomic E-state index is 0.115. The Balaban J connectivity index is 2.79. The van der Waals surface area contributed by atoms with Crippen LogP contribution in [0.25, 0.3) is 0 Å². The van der Waals surface area contributed by atoms with Crippen molar-refractivity contribution in [3.8, 4) is 0 Å². The van der Waals surface area contributed by atoms with E-state index in [1.807, 2.05) is 0 Å². The minimum Gasteiger partial charge on any atom is -0.399 e. The lowest BCUT2D eigenvalue weighted by Crippen LogP contribution is -2.30. The van der Waals surface area contributed by atoms with Crippen molar-refractivity contribution in [3.63, 3.8) is 0 Å². The van der Waals surface area contributed by atoms with Crippen molar-refractivity contribution in [1.82, 2.24) is 4.90 Å². The molecular formula is C11H17N3O2. The largest absolute Gasteiger partial charge is 0.399 e. The predicted molar refractivity (Wildman–Crippen MR) is 64.1 cm³/mol. The molecule has 1 aromatic rings. The van der Waals surface area contributed by atoms with Gasteiger partial charge < -0.3 is 21.1 Å². The van der Waals surface area contributed by atoms with Crippen LogP contribution in [-0.2, 0) is 4.74 Å². The monoisotopic (exact) mass is 223 g/mol. The number of likely N-dealkylation sites (N-methyl/N-ethyl adjacent to an activating group) is 1. The molecular weight excluding hydrogens is 206 g/mol. The molecule has 0 atom stereocenters. The number of hydrogen-bond acceptors (Lipinski definition) is 4. The molecule has 4 N–H and O–H groups in total. The first-order chi connectivity index (χ1) is 7.54. The van der Waals surface area contributed by atoms with E-state index in [0.29, 0.717) is 30.1 Å². The van der Waals surface area contributed by atoms with Crippen LogP contribution in [0.15, 0.2) is 18.2 Å². The first-order valence-corrected chi connectivity index (χ1v) is 4.95. The summed E-state index contributed by atoms with van der Waals surface area (Å²) < 4.78 is 4.90. The number of ether oxygens (including phenoxy) is 1. The number of methoxy groups -OCH3 is 1. The fraction of sp³-hybridized carbons (Fsp3) is 0.364. The highest BCUT2D eigenvalue weighted by Crippen LogP contribution is 2.14. The first-order valence-electron chi connectivity index (χ1n) is 4.95. The zero-order valence-electron chi connectivity index (χ0n) is 9.56. The Labute approximate surface area is 95.0 Å². The van der Waals surface area contributed by atoms with Gasteiger partial charge in [0.1, 0.15) is 0 Å². The second-order valence-corrected chi connectivity index (χ2v) is 3.61. The number of carbonyl (C=O) groups excluding carboxylic acids is 1. The molecule has 0 saturated heterocycles. The topological polar surface area (TPSA) is 81.6 Å². The van der Waals surface area contributed by atoms with Gasteiger partial charge in [-0.25, -0.2) is 0 Å². The molecule has 1 rings (SSSR count). The number of anilines is 2. The standard InChI is InChI=1S/C11H17N3O2/c1-14(3-4-16-2)11(15)8-5-9(12)7-10(13)6-8/h5-7H,3-4,12-13H2,1-2H3. The summed E-state index contributed by atoms with van der Waals surface area (Å²) in [6.07, 6.45) is 0. The van der Waals surface area contributed by atoms with Crippen LogP contribution in [0, 0.1) is 0 Å². The number of rotatable bonds is 4. The number of carbonyl (C=O) groups is 1. The molecule has 0 saturated carbocycles. The lowest BCUT2D eigenvalue weighted by atomic mass is 10.1. The van der Waals surface area contributed by atoms with E-state index in [-0.39, 0.29) is 5.91 Å². The number of nitrogens with zero attached hydrogens (tertiary/aromatic N) is 1. The summed E-state index contributed by atoms with van der Waals surface area (Å²) in [6.45, 7) is 1.03. The van der Waals surface area contributed by atoms with Gasteiger partial charge in [-0.2, -0.15) is 0 Å². The van der Waals surface area contributed by atoms with Gasteiger partial charge in [-0.1, -0.05) is 0 Å². The molecule has 16 heavy (non-hydrogen) atoms. The van der Waals surface area contributed by atoms with Crippen LogP contribution >= 0.6 is 0 Å². The van der Waals surface area contributed by atoms with E-state index in [4.69, 9.17) is 16.2 Å². The second-order valence-electron chi connectivity index (χ2n) is 3.61. The third-order valence-electron chi connectivity index (χ3n) is 2.20. The molecule has 0 aliphatic heterocycles. The lowest BCUT2D eigenvalue weighted by Gasteiger charge is -2.17. The summed E-state index contributed by atoms with van der Waals surface area (Å²) in [5.74, 6) is -0.115. The quantitative estimate of drug-likeness (QED) is 0.731. The molecule has 1 aromatic carbocycles. The van der Waals surface area contributed by atoms with Crippen molar-refractivity contribution in [2.75, 3.05) is 38.8 Å². The molecule has 0 bridgehead atoms. The maximum absolute atomic E-state index is 11.9. The summed E-state index contributed by atoms with van der Waals surface area (Å²) >= 11 is 0. The Morgan fingerprint density at radius 3 is 2.38 bits per heavy atom. The molecule has 5 heteroatoms. The summed E-state index contributed by atoms with van der Waals surface area (Å²) in [7, 11) is 3.30. The molecule has 88 valence electrons. The zero-order valence-corrected chi connectivity index (χ0v) is 9.56. The Kier molecular flexibility index (Phi) is 4.13. The third-order valence-corrected chi connectivity index (χ3v) is 2.20. The van der Waals surface area contributed by atoms with Gasteiger partial charge in [0.25, 0.3) is 5.91 Å². The molecule has 0 radical (unpaired) electrons. The molecule has 0 spiro atoms. The van der Waals surface area contributed by atoms with Crippen LogP contribution in [-0.4, -0.2) is 38.1 Å². The predicted octanol–water partition coefficient (Wildman–Crippen LogP) is 0.569. The van der Waals surface area contributed by atoms with Gasteiger partial charge in [-0.15, -0.1) is 0 Å². The number of nitrogens with two attached hydrogens (primary N) is 2. The molecule has 1 amide bonds. The molecule has 0 aromatic heterocycles. The fourth-order valence-corrected chi connectivity index (χ4v) is 1.35. The number of benzene rings is 1. The van der Waals surface area contributed by atoms with Gasteiger partial charge >= 0.3 is 0 Å². The van der Waals surface area contributed by atoms with Crippen LogP contribution in [0.5, 0.6) is 0 Å². The highest BCUT2D eigenvalue weighted by atomic mass is 16.5. The van der Waals surface area contributed by atoms with Crippen LogP contribution in [0.3, 0.4) is 0 Å². The normalized spacial score (nSPS) is 10.1. The highest BCUT2D eigenvalue weighted by molar-refractivity contribution is 5.95. The number of nitrogen functional groups attached to an aromatic ring is 2. The average molecular weight is 223 g/mol. The fourth-order valence-electron chi connectivity index (χ4n) is 1.35. The van der Waals surface area contributed by atoms with Gasteiger partial charge in [-0.3, -0.25) is 4.79 Å². The van der Waals surface area contributed by atoms with E-state index in [0.717, 1.165) is 0 Å². The summed E-state index contributed by atoms with van der Waals surface area (Å²) in [6, 6.07) is 4.84. The van der Waals surface area contributed by atoms with Crippen molar-refractivity contribution in [3.05, 3.63) is 23.8 Å². The zero-order chi connectivity index (χ0) is 12.1. The van der Waals surface area contributed by atoms with Crippen molar-refractivity contribution < 1.29 is 9.53 Å². The third kappa shape index (κ3) is 3.13. The van der Waals surface area contributed by atoms with Gasteiger partial charge in [-0.05, 0) is 18.2 Å². The Morgan fingerprint density at radius 2 is 1.88 bits per heavy atom. The van der Waals surface area contributed by atoms with E-state index in [1.165, 1.54) is 0 Å². The van der Waals surface area contributed by atoms with Gasteiger partial charge in [0, 0.05) is 37.6 Å². The summed E-state index contributed by atoms with van der Waals surface area (Å²) in [4.78, 5) is 13.5.